The molecule has 0 unspecified atom stereocenters. The highest BCUT2D eigenvalue weighted by atomic mass is 35.5. The summed E-state index contributed by atoms with van der Waals surface area (Å²) in [6, 6.07) is 7.34. The normalized spacial score (nSPS) is 10.5. The fraction of sp³-hybridized carbons (Fsp3) is 0.167. The van der Waals surface area contributed by atoms with Crippen LogP contribution in [0, 0.1) is 0 Å². The molecule has 0 aliphatic carbocycles. The first-order valence-corrected chi connectivity index (χ1v) is 5.54. The highest BCUT2D eigenvalue weighted by Crippen LogP contribution is 2.24. The van der Waals surface area contributed by atoms with E-state index in [4.69, 9.17) is 11.6 Å². The van der Waals surface area contributed by atoms with Crippen molar-refractivity contribution in [3.63, 3.8) is 0 Å². The van der Waals surface area contributed by atoms with Crippen molar-refractivity contribution in [2.45, 2.75) is 13.2 Å². The number of aromatic nitrogens is 3. The van der Waals surface area contributed by atoms with Crippen molar-refractivity contribution >= 4 is 11.6 Å². The number of hydrogen-bond donors (Lipinski definition) is 1. The summed E-state index contributed by atoms with van der Waals surface area (Å²) < 4.78 is 1.70. The first-order chi connectivity index (χ1) is 8.26. The largest absolute Gasteiger partial charge is 0.390 e. The molecule has 0 bridgehead atoms. The third-order valence-electron chi connectivity index (χ3n) is 2.37. The zero-order chi connectivity index (χ0) is 12.3. The standard InChI is InChI=1S/C12H12ClN3O/c1-2-7-16-12(11(8-17)14-15-16)9-3-5-10(13)6-4-9/h2-6,17H,1,7-8H2. The summed E-state index contributed by atoms with van der Waals surface area (Å²) in [6.07, 6.45) is 1.73. The molecule has 88 valence electrons. The van der Waals surface area contributed by atoms with Gasteiger partial charge in [-0.1, -0.05) is 35.0 Å². The molecule has 0 saturated heterocycles. The maximum absolute atomic E-state index is 9.25. The molecule has 1 heterocycles. The van der Waals surface area contributed by atoms with Gasteiger partial charge in [-0.15, -0.1) is 11.7 Å². The van der Waals surface area contributed by atoms with Crippen LogP contribution in [-0.2, 0) is 13.2 Å². The van der Waals surface area contributed by atoms with Crippen molar-refractivity contribution in [3.05, 3.63) is 47.6 Å². The Balaban J connectivity index is 2.51. The van der Waals surface area contributed by atoms with Crippen LogP contribution in [-0.4, -0.2) is 20.1 Å². The molecule has 2 aromatic rings. The Kier molecular flexibility index (Phi) is 3.56. The van der Waals surface area contributed by atoms with E-state index in [0.29, 0.717) is 17.3 Å². The minimum absolute atomic E-state index is 0.144. The molecule has 0 aliphatic rings. The van der Waals surface area contributed by atoms with E-state index >= 15 is 0 Å². The summed E-state index contributed by atoms with van der Waals surface area (Å²) in [5.41, 5.74) is 2.27. The minimum atomic E-state index is -0.144. The number of halogens is 1. The molecule has 0 radical (unpaired) electrons. The van der Waals surface area contributed by atoms with Crippen LogP contribution in [0.5, 0.6) is 0 Å². The molecule has 0 aliphatic heterocycles. The summed E-state index contributed by atoms with van der Waals surface area (Å²) in [6.45, 7) is 4.07. The molecule has 0 saturated carbocycles. The predicted octanol–water partition coefficient (Wildman–Crippen LogP) is 2.28. The molecular formula is C12H12ClN3O. The molecule has 0 fully saturated rings. The third kappa shape index (κ3) is 2.38. The van der Waals surface area contributed by atoms with Gasteiger partial charge in [0.15, 0.2) is 0 Å². The molecule has 0 spiro atoms. The van der Waals surface area contributed by atoms with Crippen molar-refractivity contribution in [2.75, 3.05) is 0 Å². The van der Waals surface area contributed by atoms with E-state index in [1.165, 1.54) is 0 Å². The Morgan fingerprint density at radius 3 is 2.65 bits per heavy atom. The minimum Gasteiger partial charge on any atom is -0.390 e. The van der Waals surface area contributed by atoms with E-state index in [-0.39, 0.29) is 6.61 Å². The Morgan fingerprint density at radius 1 is 1.35 bits per heavy atom. The van der Waals surface area contributed by atoms with Gasteiger partial charge in [-0.3, -0.25) is 0 Å². The summed E-state index contributed by atoms with van der Waals surface area (Å²) >= 11 is 5.84. The molecule has 1 aromatic heterocycles. The molecule has 2 rings (SSSR count). The van der Waals surface area contributed by atoms with E-state index in [1.54, 1.807) is 22.9 Å². The highest BCUT2D eigenvalue weighted by molar-refractivity contribution is 6.30. The molecule has 1 N–H and O–H groups in total. The van der Waals surface area contributed by atoms with Gasteiger partial charge in [0.05, 0.1) is 18.8 Å². The van der Waals surface area contributed by atoms with Gasteiger partial charge in [0.25, 0.3) is 0 Å². The fourth-order valence-corrected chi connectivity index (χ4v) is 1.75. The predicted molar refractivity (Wildman–Crippen MR) is 66.6 cm³/mol. The Labute approximate surface area is 104 Å². The second kappa shape index (κ2) is 5.12. The Bertz CT molecular complexity index is 519. The molecule has 1 aromatic carbocycles. The maximum Gasteiger partial charge on any atom is 0.116 e. The molecule has 4 nitrogen and oxygen atoms in total. The van der Waals surface area contributed by atoms with Crippen LogP contribution in [0.3, 0.4) is 0 Å². The number of benzene rings is 1. The lowest BCUT2D eigenvalue weighted by molar-refractivity contribution is 0.277. The molecular weight excluding hydrogens is 238 g/mol. The summed E-state index contributed by atoms with van der Waals surface area (Å²) in [5, 5.41) is 17.8. The zero-order valence-electron chi connectivity index (χ0n) is 9.17. The van der Waals surface area contributed by atoms with Crippen LogP contribution in [0.25, 0.3) is 11.3 Å². The van der Waals surface area contributed by atoms with E-state index in [2.05, 4.69) is 16.9 Å². The van der Waals surface area contributed by atoms with Gasteiger partial charge in [0.1, 0.15) is 5.69 Å². The summed E-state index contributed by atoms with van der Waals surface area (Å²) in [7, 11) is 0. The number of nitrogens with zero attached hydrogens (tertiary/aromatic N) is 3. The quantitative estimate of drug-likeness (QED) is 0.846. The van der Waals surface area contributed by atoms with E-state index < -0.39 is 0 Å². The lowest BCUT2D eigenvalue weighted by atomic mass is 10.1. The number of hydrogen-bond acceptors (Lipinski definition) is 3. The van der Waals surface area contributed by atoms with Gasteiger partial charge < -0.3 is 5.11 Å². The van der Waals surface area contributed by atoms with Crippen molar-refractivity contribution in [1.82, 2.24) is 15.0 Å². The van der Waals surface area contributed by atoms with Gasteiger partial charge >= 0.3 is 0 Å². The highest BCUT2D eigenvalue weighted by Gasteiger charge is 2.13. The number of allylic oxidation sites excluding steroid dienone is 1. The second-order valence-electron chi connectivity index (χ2n) is 3.52. The molecule has 0 atom stereocenters. The van der Waals surface area contributed by atoms with Crippen molar-refractivity contribution < 1.29 is 5.11 Å². The zero-order valence-corrected chi connectivity index (χ0v) is 9.93. The average Bonchev–Trinajstić information content (AvgIpc) is 2.74. The first kappa shape index (κ1) is 11.8. The second-order valence-corrected chi connectivity index (χ2v) is 3.96. The van der Waals surface area contributed by atoms with Crippen LogP contribution in [0.2, 0.25) is 5.02 Å². The van der Waals surface area contributed by atoms with Crippen molar-refractivity contribution in [3.8, 4) is 11.3 Å². The van der Waals surface area contributed by atoms with Crippen LogP contribution in [0.15, 0.2) is 36.9 Å². The van der Waals surface area contributed by atoms with Crippen LogP contribution >= 0.6 is 11.6 Å². The van der Waals surface area contributed by atoms with E-state index in [1.807, 2.05) is 12.1 Å². The van der Waals surface area contributed by atoms with Crippen molar-refractivity contribution in [2.24, 2.45) is 0 Å². The molecule has 0 amide bonds. The van der Waals surface area contributed by atoms with Gasteiger partial charge in [-0.2, -0.15) is 0 Å². The maximum atomic E-state index is 9.25. The summed E-state index contributed by atoms with van der Waals surface area (Å²) in [5.74, 6) is 0. The third-order valence-corrected chi connectivity index (χ3v) is 2.63. The van der Waals surface area contributed by atoms with Crippen molar-refractivity contribution in [1.29, 1.82) is 0 Å². The van der Waals surface area contributed by atoms with Crippen LogP contribution in [0.4, 0.5) is 0 Å². The van der Waals surface area contributed by atoms with Crippen LogP contribution in [0.1, 0.15) is 5.69 Å². The lowest BCUT2D eigenvalue weighted by Crippen LogP contribution is -2.01. The van der Waals surface area contributed by atoms with Gasteiger partial charge in [-0.05, 0) is 12.1 Å². The first-order valence-electron chi connectivity index (χ1n) is 5.16. The number of aliphatic hydroxyl groups excluding tert-OH is 1. The molecule has 17 heavy (non-hydrogen) atoms. The number of rotatable bonds is 4. The smallest absolute Gasteiger partial charge is 0.116 e. The van der Waals surface area contributed by atoms with Gasteiger partial charge in [0, 0.05) is 10.6 Å². The molecule has 5 heteroatoms. The fourth-order valence-electron chi connectivity index (χ4n) is 1.63. The SMILES string of the molecule is C=CCn1nnc(CO)c1-c1ccc(Cl)cc1. The number of aliphatic hydroxyl groups is 1. The topological polar surface area (TPSA) is 50.9 Å². The Morgan fingerprint density at radius 2 is 2.06 bits per heavy atom. The Hall–Kier alpha value is -1.65. The van der Waals surface area contributed by atoms with Gasteiger partial charge in [-0.25, -0.2) is 4.68 Å². The average molecular weight is 250 g/mol. The van der Waals surface area contributed by atoms with Gasteiger partial charge in [0.2, 0.25) is 0 Å². The van der Waals surface area contributed by atoms with E-state index in [9.17, 15) is 5.11 Å². The monoisotopic (exact) mass is 249 g/mol. The van der Waals surface area contributed by atoms with E-state index in [0.717, 1.165) is 11.3 Å². The van der Waals surface area contributed by atoms with Crippen LogP contribution < -0.4 is 0 Å². The summed E-state index contributed by atoms with van der Waals surface area (Å²) in [4.78, 5) is 0. The lowest BCUT2D eigenvalue weighted by Gasteiger charge is -2.05.